The second-order valence-corrected chi connectivity index (χ2v) is 5.62. The van der Waals surface area contributed by atoms with E-state index < -0.39 is 11.4 Å². The zero-order valence-electron chi connectivity index (χ0n) is 12.1. The molecule has 2 N–H and O–H groups in total. The van der Waals surface area contributed by atoms with E-state index in [0.717, 1.165) is 5.56 Å². The fourth-order valence-corrected chi connectivity index (χ4v) is 1.94. The lowest BCUT2D eigenvalue weighted by Crippen LogP contribution is -2.33. The van der Waals surface area contributed by atoms with Crippen LogP contribution >= 0.6 is 0 Å². The number of amides is 1. The Kier molecular flexibility index (Phi) is 4.35. The van der Waals surface area contributed by atoms with E-state index in [9.17, 15) is 9.59 Å². The highest BCUT2D eigenvalue weighted by atomic mass is 16.6. The van der Waals surface area contributed by atoms with E-state index in [1.807, 2.05) is 12.1 Å². The second kappa shape index (κ2) is 6.03. The molecule has 0 aromatic heterocycles. The molecule has 0 radical (unpaired) electrons. The minimum absolute atomic E-state index is 0.0626. The molecular weight excluding hydrogens is 274 g/mol. The smallest absolute Gasteiger partial charge is 0.309 e. The van der Waals surface area contributed by atoms with Crippen molar-refractivity contribution in [2.75, 3.05) is 13.2 Å². The molecule has 2 rings (SSSR count). The summed E-state index contributed by atoms with van der Waals surface area (Å²) in [5, 5.41) is 11.7. The third-order valence-corrected chi connectivity index (χ3v) is 3.28. The SMILES string of the molecule is CC(C)(CC(=O)NCc1ccc2c(c1)OCCO2)C(=O)O. The van der Waals surface area contributed by atoms with Crippen LogP contribution in [0.5, 0.6) is 11.5 Å². The van der Waals surface area contributed by atoms with Crippen LogP contribution in [0, 0.1) is 5.41 Å². The van der Waals surface area contributed by atoms with Crippen molar-refractivity contribution in [3.05, 3.63) is 23.8 Å². The van der Waals surface area contributed by atoms with Crippen molar-refractivity contribution in [1.29, 1.82) is 0 Å². The molecule has 0 fully saturated rings. The van der Waals surface area contributed by atoms with Gasteiger partial charge in [0.15, 0.2) is 11.5 Å². The lowest BCUT2D eigenvalue weighted by molar-refractivity contribution is -0.149. The number of rotatable bonds is 5. The molecule has 6 heteroatoms. The Labute approximate surface area is 123 Å². The summed E-state index contributed by atoms with van der Waals surface area (Å²) in [6.07, 6.45) is -0.0626. The van der Waals surface area contributed by atoms with Gasteiger partial charge < -0.3 is 19.9 Å². The van der Waals surface area contributed by atoms with Crippen LogP contribution in [0.25, 0.3) is 0 Å². The van der Waals surface area contributed by atoms with Crippen LogP contribution in [0.15, 0.2) is 18.2 Å². The van der Waals surface area contributed by atoms with Crippen LogP contribution in [0.4, 0.5) is 0 Å². The minimum Gasteiger partial charge on any atom is -0.486 e. The van der Waals surface area contributed by atoms with Gasteiger partial charge in [0.05, 0.1) is 5.41 Å². The minimum atomic E-state index is -1.07. The Hall–Kier alpha value is -2.24. The van der Waals surface area contributed by atoms with E-state index in [-0.39, 0.29) is 12.3 Å². The summed E-state index contributed by atoms with van der Waals surface area (Å²) in [7, 11) is 0. The summed E-state index contributed by atoms with van der Waals surface area (Å²) in [6.45, 7) is 4.42. The number of ether oxygens (including phenoxy) is 2. The Morgan fingerprint density at radius 3 is 2.57 bits per heavy atom. The third-order valence-electron chi connectivity index (χ3n) is 3.28. The third kappa shape index (κ3) is 3.87. The van der Waals surface area contributed by atoms with E-state index in [1.165, 1.54) is 13.8 Å². The van der Waals surface area contributed by atoms with Gasteiger partial charge in [-0.25, -0.2) is 0 Å². The van der Waals surface area contributed by atoms with E-state index in [0.29, 0.717) is 31.3 Å². The quantitative estimate of drug-likeness (QED) is 0.861. The van der Waals surface area contributed by atoms with Crippen molar-refractivity contribution in [3.63, 3.8) is 0 Å². The number of benzene rings is 1. The molecule has 1 aromatic rings. The van der Waals surface area contributed by atoms with Crippen molar-refractivity contribution >= 4 is 11.9 Å². The number of nitrogens with one attached hydrogen (secondary N) is 1. The predicted molar refractivity (Wildman–Crippen MR) is 75.3 cm³/mol. The van der Waals surface area contributed by atoms with Gasteiger partial charge in [-0.15, -0.1) is 0 Å². The maximum absolute atomic E-state index is 11.8. The Morgan fingerprint density at radius 2 is 1.90 bits per heavy atom. The zero-order chi connectivity index (χ0) is 15.5. The topological polar surface area (TPSA) is 84.9 Å². The average molecular weight is 293 g/mol. The lowest BCUT2D eigenvalue weighted by Gasteiger charge is -2.20. The summed E-state index contributed by atoms with van der Waals surface area (Å²) < 4.78 is 10.9. The number of carboxylic acid groups (broad SMARTS) is 1. The molecule has 0 spiro atoms. The molecule has 0 saturated carbocycles. The van der Waals surface area contributed by atoms with Crippen molar-refractivity contribution in [3.8, 4) is 11.5 Å². The molecule has 0 aliphatic carbocycles. The van der Waals surface area contributed by atoms with E-state index in [2.05, 4.69) is 5.32 Å². The Balaban J connectivity index is 1.91. The first-order chi connectivity index (χ1) is 9.88. The number of hydrogen-bond donors (Lipinski definition) is 2. The molecular formula is C15H19NO5. The standard InChI is InChI=1S/C15H19NO5/c1-15(2,14(18)19)8-13(17)16-9-10-3-4-11-12(7-10)21-6-5-20-11/h3-4,7H,5-6,8-9H2,1-2H3,(H,16,17)(H,18,19). The molecule has 1 aliphatic rings. The van der Waals surface area contributed by atoms with Crippen LogP contribution in [-0.4, -0.2) is 30.2 Å². The van der Waals surface area contributed by atoms with Crippen LogP contribution in [0.3, 0.4) is 0 Å². The number of carbonyl (C=O) groups excluding carboxylic acids is 1. The van der Waals surface area contributed by atoms with Crippen LogP contribution in [-0.2, 0) is 16.1 Å². The molecule has 0 bridgehead atoms. The van der Waals surface area contributed by atoms with E-state index in [4.69, 9.17) is 14.6 Å². The van der Waals surface area contributed by atoms with Crippen molar-refractivity contribution < 1.29 is 24.2 Å². The molecule has 21 heavy (non-hydrogen) atoms. The van der Waals surface area contributed by atoms with E-state index in [1.54, 1.807) is 6.07 Å². The average Bonchev–Trinajstić information content (AvgIpc) is 2.44. The highest BCUT2D eigenvalue weighted by Gasteiger charge is 2.29. The Morgan fingerprint density at radius 1 is 1.24 bits per heavy atom. The van der Waals surface area contributed by atoms with Gasteiger partial charge in [0.1, 0.15) is 13.2 Å². The monoisotopic (exact) mass is 293 g/mol. The van der Waals surface area contributed by atoms with Gasteiger partial charge >= 0.3 is 5.97 Å². The molecule has 114 valence electrons. The number of fused-ring (bicyclic) bond motifs is 1. The first-order valence-corrected chi connectivity index (χ1v) is 6.77. The molecule has 0 saturated heterocycles. The zero-order valence-corrected chi connectivity index (χ0v) is 12.1. The van der Waals surface area contributed by atoms with E-state index >= 15 is 0 Å². The highest BCUT2D eigenvalue weighted by Crippen LogP contribution is 2.30. The predicted octanol–water partition coefficient (Wildman–Crippen LogP) is 1.57. The first kappa shape index (κ1) is 15.2. The van der Waals surface area contributed by atoms with Gasteiger partial charge in [-0.1, -0.05) is 6.07 Å². The summed E-state index contributed by atoms with van der Waals surface area (Å²) in [5.41, 5.74) is -0.197. The van der Waals surface area contributed by atoms with Crippen molar-refractivity contribution in [2.24, 2.45) is 5.41 Å². The van der Waals surface area contributed by atoms with Crippen LogP contribution in [0.1, 0.15) is 25.8 Å². The molecule has 0 atom stereocenters. The molecule has 1 aliphatic heterocycles. The highest BCUT2D eigenvalue weighted by molar-refractivity contribution is 5.84. The fraction of sp³-hybridized carbons (Fsp3) is 0.467. The van der Waals surface area contributed by atoms with Gasteiger partial charge in [0.25, 0.3) is 0 Å². The maximum atomic E-state index is 11.8. The number of carboxylic acids is 1. The van der Waals surface area contributed by atoms with Gasteiger partial charge in [-0.2, -0.15) is 0 Å². The summed E-state index contributed by atoms with van der Waals surface area (Å²) in [6, 6.07) is 5.46. The van der Waals surface area contributed by atoms with Gasteiger partial charge in [-0.3, -0.25) is 9.59 Å². The lowest BCUT2D eigenvalue weighted by atomic mass is 9.89. The van der Waals surface area contributed by atoms with Gasteiger partial charge in [-0.05, 0) is 31.5 Å². The second-order valence-electron chi connectivity index (χ2n) is 5.62. The molecule has 1 aromatic carbocycles. The van der Waals surface area contributed by atoms with Gasteiger partial charge in [0.2, 0.25) is 5.91 Å². The summed E-state index contributed by atoms with van der Waals surface area (Å²) in [5.74, 6) is 0.0801. The largest absolute Gasteiger partial charge is 0.486 e. The molecule has 0 unspecified atom stereocenters. The first-order valence-electron chi connectivity index (χ1n) is 6.77. The molecule has 6 nitrogen and oxygen atoms in total. The number of aliphatic carboxylic acids is 1. The van der Waals surface area contributed by atoms with Gasteiger partial charge in [0, 0.05) is 13.0 Å². The van der Waals surface area contributed by atoms with Crippen LogP contribution in [0.2, 0.25) is 0 Å². The molecule has 1 heterocycles. The normalized spacial score (nSPS) is 13.6. The van der Waals surface area contributed by atoms with Crippen molar-refractivity contribution in [2.45, 2.75) is 26.8 Å². The van der Waals surface area contributed by atoms with Crippen molar-refractivity contribution in [1.82, 2.24) is 5.32 Å². The van der Waals surface area contributed by atoms with Crippen LogP contribution < -0.4 is 14.8 Å². The summed E-state index contributed by atoms with van der Waals surface area (Å²) >= 11 is 0. The number of carbonyl (C=O) groups is 2. The fourth-order valence-electron chi connectivity index (χ4n) is 1.94. The maximum Gasteiger partial charge on any atom is 0.309 e. The summed E-state index contributed by atoms with van der Waals surface area (Å²) in [4.78, 5) is 22.8. The molecule has 1 amide bonds. The Bertz CT molecular complexity index is 553. The number of hydrogen-bond acceptors (Lipinski definition) is 4.